The van der Waals surface area contributed by atoms with E-state index in [1.807, 2.05) is 11.8 Å². The first-order chi connectivity index (χ1) is 10.4. The van der Waals surface area contributed by atoms with Crippen LogP contribution in [0.2, 0.25) is 0 Å². The molecule has 0 bridgehead atoms. The summed E-state index contributed by atoms with van der Waals surface area (Å²) < 4.78 is 41.5. The predicted molar refractivity (Wildman–Crippen MR) is 92.2 cm³/mol. The highest BCUT2D eigenvalue weighted by atomic mass is 127. The summed E-state index contributed by atoms with van der Waals surface area (Å²) in [5, 5.41) is 2.98. The average Bonchev–Trinajstić information content (AvgIpc) is 2.45. The van der Waals surface area contributed by atoms with E-state index in [1.165, 1.54) is 0 Å². The minimum absolute atomic E-state index is 0. The van der Waals surface area contributed by atoms with E-state index in [2.05, 4.69) is 10.3 Å². The van der Waals surface area contributed by atoms with Crippen molar-refractivity contribution >= 4 is 36.0 Å². The van der Waals surface area contributed by atoms with Gasteiger partial charge in [-0.05, 0) is 13.8 Å². The fourth-order valence-electron chi connectivity index (χ4n) is 2.03. The van der Waals surface area contributed by atoms with Gasteiger partial charge in [0, 0.05) is 32.7 Å². The van der Waals surface area contributed by atoms with E-state index in [0.29, 0.717) is 45.3 Å². The van der Waals surface area contributed by atoms with Gasteiger partial charge in [0.15, 0.2) is 5.96 Å². The molecule has 0 spiro atoms. The number of hydrogen-bond donors (Lipinski definition) is 1. The number of nitrogens with zero attached hydrogens (tertiary/aromatic N) is 3. The van der Waals surface area contributed by atoms with Crippen LogP contribution in [-0.2, 0) is 4.74 Å². The van der Waals surface area contributed by atoms with Crippen LogP contribution in [0.15, 0.2) is 4.99 Å². The molecule has 6 nitrogen and oxygen atoms in total. The third-order valence-electron chi connectivity index (χ3n) is 3.10. The largest absolute Gasteiger partial charge is 0.450 e. The monoisotopic (exact) mass is 452 g/mol. The van der Waals surface area contributed by atoms with Crippen molar-refractivity contribution in [2.75, 3.05) is 45.9 Å². The number of carbonyl (C=O) groups excluding carboxylic acids is 1. The molecule has 0 aromatic heterocycles. The normalized spacial score (nSPS) is 16.0. The molecular weight excluding hydrogens is 428 g/mol. The van der Waals surface area contributed by atoms with Crippen LogP contribution in [0.3, 0.4) is 0 Å². The van der Waals surface area contributed by atoms with Gasteiger partial charge < -0.3 is 19.9 Å². The lowest BCUT2D eigenvalue weighted by atomic mass is 10.3. The maximum atomic E-state index is 12.2. The summed E-state index contributed by atoms with van der Waals surface area (Å²) in [6.07, 6.45) is -5.50. The Hall–Kier alpha value is -0.940. The number of hydrogen-bond acceptors (Lipinski definition) is 3. The molecule has 0 aromatic rings. The predicted octanol–water partition coefficient (Wildman–Crippen LogP) is 2.30. The summed E-state index contributed by atoms with van der Waals surface area (Å²) in [6, 6.07) is 0. The molecule has 0 saturated carbocycles. The van der Waals surface area contributed by atoms with Gasteiger partial charge in [0.2, 0.25) is 0 Å². The van der Waals surface area contributed by atoms with Crippen LogP contribution >= 0.6 is 24.0 Å². The number of piperazine rings is 1. The molecule has 0 atom stereocenters. The Morgan fingerprint density at radius 3 is 2.22 bits per heavy atom. The van der Waals surface area contributed by atoms with Crippen molar-refractivity contribution < 1.29 is 22.7 Å². The van der Waals surface area contributed by atoms with E-state index < -0.39 is 12.6 Å². The lowest BCUT2D eigenvalue weighted by molar-refractivity contribution is -0.132. The number of aliphatic imine (C=N–C) groups is 1. The second kappa shape index (κ2) is 10.8. The van der Waals surface area contributed by atoms with Crippen LogP contribution in [0.5, 0.6) is 0 Å². The minimum atomic E-state index is -4.20. The van der Waals surface area contributed by atoms with Gasteiger partial charge in [0.25, 0.3) is 0 Å². The molecule has 136 valence electrons. The minimum Gasteiger partial charge on any atom is -0.450 e. The zero-order valence-electron chi connectivity index (χ0n) is 13.4. The van der Waals surface area contributed by atoms with Gasteiger partial charge >= 0.3 is 12.3 Å². The molecule has 0 aliphatic carbocycles. The smallest absolute Gasteiger partial charge is 0.409 e. The lowest BCUT2D eigenvalue weighted by Gasteiger charge is -2.35. The van der Waals surface area contributed by atoms with Gasteiger partial charge in [-0.25, -0.2) is 4.79 Å². The van der Waals surface area contributed by atoms with Gasteiger partial charge in [0.05, 0.1) is 19.6 Å². The highest BCUT2D eigenvalue weighted by Gasteiger charge is 2.27. The van der Waals surface area contributed by atoms with E-state index in [0.717, 1.165) is 0 Å². The van der Waals surface area contributed by atoms with Gasteiger partial charge in [-0.2, -0.15) is 13.2 Å². The molecule has 0 unspecified atom stereocenters. The second-order valence-corrected chi connectivity index (χ2v) is 4.77. The van der Waals surface area contributed by atoms with Gasteiger partial charge in [-0.1, -0.05) is 0 Å². The Labute approximate surface area is 151 Å². The van der Waals surface area contributed by atoms with Crippen LogP contribution < -0.4 is 5.32 Å². The van der Waals surface area contributed by atoms with Gasteiger partial charge in [-0.15, -0.1) is 24.0 Å². The summed E-state index contributed by atoms with van der Waals surface area (Å²) in [6.45, 7) is 6.13. The zero-order chi connectivity index (χ0) is 16.6. The van der Waals surface area contributed by atoms with E-state index in [1.54, 1.807) is 11.8 Å². The standard InChI is InChI=1S/C13H23F3N4O2.HI/c1-3-17-11(18-6-5-13(14,15)16)19-7-9-20(10-8-19)12(21)22-4-2;/h3-10H2,1-2H3,(H,17,18);1H. The fraction of sp³-hybridized carbons (Fsp3) is 0.846. The number of amides is 1. The molecular formula is C13H24F3IN4O2. The summed E-state index contributed by atoms with van der Waals surface area (Å²) >= 11 is 0. The summed E-state index contributed by atoms with van der Waals surface area (Å²) in [5.41, 5.74) is 0. The van der Waals surface area contributed by atoms with E-state index in [4.69, 9.17) is 4.74 Å². The molecule has 1 fully saturated rings. The van der Waals surface area contributed by atoms with Crippen LogP contribution in [0, 0.1) is 0 Å². The highest BCUT2D eigenvalue weighted by molar-refractivity contribution is 14.0. The summed E-state index contributed by atoms with van der Waals surface area (Å²) in [7, 11) is 0. The summed E-state index contributed by atoms with van der Waals surface area (Å²) in [4.78, 5) is 19.0. The molecule has 1 heterocycles. The molecule has 1 amide bonds. The molecule has 23 heavy (non-hydrogen) atoms. The lowest BCUT2D eigenvalue weighted by Crippen LogP contribution is -2.54. The van der Waals surface area contributed by atoms with Crippen LogP contribution in [0.4, 0.5) is 18.0 Å². The van der Waals surface area contributed by atoms with Crippen molar-refractivity contribution in [3.63, 3.8) is 0 Å². The maximum absolute atomic E-state index is 12.2. The quantitative estimate of drug-likeness (QED) is 0.404. The molecule has 1 N–H and O–H groups in total. The van der Waals surface area contributed by atoms with E-state index in [9.17, 15) is 18.0 Å². The Morgan fingerprint density at radius 1 is 1.17 bits per heavy atom. The van der Waals surface area contributed by atoms with Crippen molar-refractivity contribution in [1.29, 1.82) is 0 Å². The molecule has 1 aliphatic heterocycles. The number of nitrogens with one attached hydrogen (secondary N) is 1. The van der Waals surface area contributed by atoms with E-state index in [-0.39, 0.29) is 36.6 Å². The number of halogens is 4. The van der Waals surface area contributed by atoms with Crippen molar-refractivity contribution in [3.8, 4) is 0 Å². The molecule has 0 radical (unpaired) electrons. The first-order valence-electron chi connectivity index (χ1n) is 7.39. The average molecular weight is 452 g/mol. The molecule has 1 aliphatic rings. The van der Waals surface area contributed by atoms with Gasteiger partial charge in [0.1, 0.15) is 0 Å². The van der Waals surface area contributed by atoms with Crippen LogP contribution in [-0.4, -0.2) is 73.9 Å². The Balaban J connectivity index is 0.00000484. The van der Waals surface area contributed by atoms with Crippen LogP contribution in [0.1, 0.15) is 20.3 Å². The number of ether oxygens (including phenoxy) is 1. The SMILES string of the molecule is CCNC(=NCCC(F)(F)F)N1CCN(C(=O)OCC)CC1.I. The number of carbonyl (C=O) groups is 1. The topological polar surface area (TPSA) is 57.2 Å². The number of guanidine groups is 1. The van der Waals surface area contributed by atoms with Gasteiger partial charge in [-0.3, -0.25) is 4.99 Å². The maximum Gasteiger partial charge on any atom is 0.409 e. The highest BCUT2D eigenvalue weighted by Crippen LogP contribution is 2.19. The first kappa shape index (κ1) is 22.1. The zero-order valence-corrected chi connectivity index (χ0v) is 15.7. The molecule has 10 heteroatoms. The van der Waals surface area contributed by atoms with Crippen molar-refractivity contribution in [3.05, 3.63) is 0 Å². The second-order valence-electron chi connectivity index (χ2n) is 4.77. The van der Waals surface area contributed by atoms with Crippen molar-refractivity contribution in [2.24, 2.45) is 4.99 Å². The Bertz CT molecular complexity index is 386. The Kier molecular flexibility index (Phi) is 10.3. The van der Waals surface area contributed by atoms with E-state index >= 15 is 0 Å². The summed E-state index contributed by atoms with van der Waals surface area (Å²) in [5.74, 6) is 0.454. The fourth-order valence-corrected chi connectivity index (χ4v) is 2.03. The number of rotatable bonds is 4. The third-order valence-corrected chi connectivity index (χ3v) is 3.10. The molecule has 1 saturated heterocycles. The Morgan fingerprint density at radius 2 is 1.74 bits per heavy atom. The molecule has 0 aromatic carbocycles. The van der Waals surface area contributed by atoms with Crippen molar-refractivity contribution in [2.45, 2.75) is 26.4 Å². The third kappa shape index (κ3) is 8.47. The molecule has 1 rings (SSSR count). The first-order valence-corrected chi connectivity index (χ1v) is 7.39. The number of alkyl halides is 3. The van der Waals surface area contributed by atoms with Crippen molar-refractivity contribution in [1.82, 2.24) is 15.1 Å². The van der Waals surface area contributed by atoms with Crippen LogP contribution in [0.25, 0.3) is 0 Å².